The number of anilines is 1. The first-order valence-electron chi connectivity index (χ1n) is 8.11. The van der Waals surface area contributed by atoms with Crippen LogP contribution in [0.25, 0.3) is 0 Å². The zero-order chi connectivity index (χ0) is 16.8. The van der Waals surface area contributed by atoms with Gasteiger partial charge in [0.05, 0.1) is 5.56 Å². The van der Waals surface area contributed by atoms with Crippen LogP contribution in [0.4, 0.5) is 5.69 Å². The summed E-state index contributed by atoms with van der Waals surface area (Å²) in [6.45, 7) is 1.12. The first-order valence-corrected chi connectivity index (χ1v) is 8.11. The van der Waals surface area contributed by atoms with Crippen molar-refractivity contribution in [1.82, 2.24) is 4.90 Å². The zero-order valence-corrected chi connectivity index (χ0v) is 13.4. The maximum Gasteiger partial charge on any atom is 0.267 e. The third-order valence-corrected chi connectivity index (χ3v) is 3.93. The van der Waals surface area contributed by atoms with Gasteiger partial charge in [-0.25, -0.2) is 0 Å². The highest BCUT2D eigenvalue weighted by atomic mass is 16.5. The van der Waals surface area contributed by atoms with Gasteiger partial charge in [-0.15, -0.1) is 0 Å². The molecule has 0 radical (unpaired) electrons. The van der Waals surface area contributed by atoms with Crippen molar-refractivity contribution in [3.8, 4) is 5.75 Å². The standard InChI is InChI=1S/C19H20N2O3/c22-18-14-24-17-11-5-4-10-16(17)19(23)21(18)13-7-6-12-20-15-8-2-1-3-9-15/h1-5,8-11,20H,6-7,12-14H2. The molecule has 0 aromatic heterocycles. The van der Waals surface area contributed by atoms with Gasteiger partial charge in [0, 0.05) is 18.8 Å². The van der Waals surface area contributed by atoms with Crippen LogP contribution in [0.3, 0.4) is 0 Å². The van der Waals surface area contributed by atoms with Crippen LogP contribution in [-0.4, -0.2) is 36.4 Å². The quantitative estimate of drug-likeness (QED) is 0.655. The molecule has 1 heterocycles. The number of hydrogen-bond acceptors (Lipinski definition) is 4. The molecule has 0 bridgehead atoms. The van der Waals surface area contributed by atoms with Crippen LogP contribution in [0, 0.1) is 0 Å². The Morgan fingerprint density at radius 1 is 0.958 bits per heavy atom. The molecule has 1 aliphatic rings. The van der Waals surface area contributed by atoms with E-state index in [1.54, 1.807) is 24.3 Å². The number of benzene rings is 2. The van der Waals surface area contributed by atoms with Crippen molar-refractivity contribution < 1.29 is 14.3 Å². The van der Waals surface area contributed by atoms with Gasteiger partial charge in [-0.2, -0.15) is 0 Å². The van der Waals surface area contributed by atoms with Gasteiger partial charge in [0.2, 0.25) is 0 Å². The van der Waals surface area contributed by atoms with Gasteiger partial charge >= 0.3 is 0 Å². The molecule has 1 aliphatic heterocycles. The number of para-hydroxylation sites is 2. The summed E-state index contributed by atoms with van der Waals surface area (Å²) in [7, 11) is 0. The number of ether oxygens (including phenoxy) is 1. The molecule has 24 heavy (non-hydrogen) atoms. The van der Waals surface area contributed by atoms with Crippen LogP contribution < -0.4 is 10.1 Å². The fourth-order valence-electron chi connectivity index (χ4n) is 2.66. The van der Waals surface area contributed by atoms with Crippen molar-refractivity contribution in [3.05, 3.63) is 60.2 Å². The Morgan fingerprint density at radius 3 is 2.54 bits per heavy atom. The summed E-state index contributed by atoms with van der Waals surface area (Å²) >= 11 is 0. The second-order valence-corrected chi connectivity index (χ2v) is 5.64. The summed E-state index contributed by atoms with van der Waals surface area (Å²) in [6.07, 6.45) is 1.62. The lowest BCUT2D eigenvalue weighted by Gasteiger charge is -2.18. The molecule has 2 aromatic rings. The average molecular weight is 324 g/mol. The van der Waals surface area contributed by atoms with Gasteiger partial charge in [-0.05, 0) is 37.1 Å². The molecule has 5 heteroatoms. The minimum absolute atomic E-state index is 0.0922. The minimum atomic E-state index is -0.285. The maximum atomic E-state index is 12.5. The predicted molar refractivity (Wildman–Crippen MR) is 92.1 cm³/mol. The van der Waals surface area contributed by atoms with E-state index in [9.17, 15) is 9.59 Å². The zero-order valence-electron chi connectivity index (χ0n) is 13.4. The van der Waals surface area contributed by atoms with Gasteiger partial charge in [0.25, 0.3) is 11.8 Å². The third-order valence-electron chi connectivity index (χ3n) is 3.93. The number of rotatable bonds is 6. The van der Waals surface area contributed by atoms with Crippen LogP contribution in [0.2, 0.25) is 0 Å². The highest BCUT2D eigenvalue weighted by Gasteiger charge is 2.28. The SMILES string of the molecule is O=C1COc2ccccc2C(=O)N1CCCCNc1ccccc1. The molecule has 0 saturated heterocycles. The van der Waals surface area contributed by atoms with E-state index in [0.717, 1.165) is 25.1 Å². The molecule has 1 N–H and O–H groups in total. The summed E-state index contributed by atoms with van der Waals surface area (Å²) in [4.78, 5) is 26.0. The molecule has 0 fully saturated rings. The third kappa shape index (κ3) is 3.74. The van der Waals surface area contributed by atoms with Gasteiger partial charge in [-0.3, -0.25) is 14.5 Å². The molecular formula is C19H20N2O3. The Balaban J connectivity index is 1.52. The summed E-state index contributed by atoms with van der Waals surface area (Å²) < 4.78 is 5.42. The van der Waals surface area contributed by atoms with Crippen molar-refractivity contribution in [3.63, 3.8) is 0 Å². The predicted octanol–water partition coefficient (Wildman–Crippen LogP) is 2.94. The number of carbonyl (C=O) groups excluding carboxylic acids is 2. The van der Waals surface area contributed by atoms with Crippen LogP contribution >= 0.6 is 0 Å². The number of hydrogen-bond donors (Lipinski definition) is 1. The number of unbranched alkanes of at least 4 members (excludes halogenated alkanes) is 1. The molecular weight excluding hydrogens is 304 g/mol. The van der Waals surface area contributed by atoms with E-state index in [1.165, 1.54) is 4.90 Å². The molecule has 0 unspecified atom stereocenters. The summed E-state index contributed by atoms with van der Waals surface area (Å²) in [5, 5.41) is 3.32. The summed E-state index contributed by atoms with van der Waals surface area (Å²) in [6, 6.07) is 16.9. The largest absolute Gasteiger partial charge is 0.483 e. The smallest absolute Gasteiger partial charge is 0.267 e. The van der Waals surface area contributed by atoms with E-state index in [2.05, 4.69) is 5.32 Å². The molecule has 5 nitrogen and oxygen atoms in total. The number of imide groups is 1. The van der Waals surface area contributed by atoms with Crippen molar-refractivity contribution >= 4 is 17.5 Å². The van der Waals surface area contributed by atoms with Crippen LogP contribution in [0.1, 0.15) is 23.2 Å². The molecule has 0 atom stereocenters. The molecule has 2 aromatic carbocycles. The van der Waals surface area contributed by atoms with Crippen molar-refractivity contribution in [1.29, 1.82) is 0 Å². The van der Waals surface area contributed by atoms with E-state index in [4.69, 9.17) is 4.74 Å². The van der Waals surface area contributed by atoms with Gasteiger partial charge in [0.15, 0.2) is 6.61 Å². The first kappa shape index (κ1) is 16.1. The Morgan fingerprint density at radius 2 is 1.71 bits per heavy atom. The lowest BCUT2D eigenvalue weighted by Crippen LogP contribution is -2.38. The van der Waals surface area contributed by atoms with Crippen LogP contribution in [0.5, 0.6) is 5.75 Å². The highest BCUT2D eigenvalue weighted by Crippen LogP contribution is 2.23. The maximum absolute atomic E-state index is 12.5. The van der Waals surface area contributed by atoms with Crippen LogP contribution in [0.15, 0.2) is 54.6 Å². The van der Waals surface area contributed by atoms with Gasteiger partial charge in [0.1, 0.15) is 5.75 Å². The lowest BCUT2D eigenvalue weighted by atomic mass is 10.1. The van der Waals surface area contributed by atoms with Crippen LogP contribution in [-0.2, 0) is 4.79 Å². The number of amides is 2. The first-order chi connectivity index (χ1) is 11.8. The van der Waals surface area contributed by atoms with Gasteiger partial charge < -0.3 is 10.1 Å². The fourth-order valence-corrected chi connectivity index (χ4v) is 2.66. The molecule has 0 saturated carbocycles. The van der Waals surface area contributed by atoms with E-state index < -0.39 is 0 Å². The van der Waals surface area contributed by atoms with Crippen molar-refractivity contribution in [2.24, 2.45) is 0 Å². The summed E-state index contributed by atoms with van der Waals surface area (Å²) in [5.41, 5.74) is 1.52. The number of nitrogens with one attached hydrogen (secondary N) is 1. The van der Waals surface area contributed by atoms with E-state index in [1.807, 2.05) is 30.3 Å². The van der Waals surface area contributed by atoms with Crippen molar-refractivity contribution in [2.75, 3.05) is 25.0 Å². The Kier molecular flexibility index (Phi) is 5.11. The molecule has 124 valence electrons. The number of nitrogens with zero attached hydrogens (tertiary/aromatic N) is 1. The topological polar surface area (TPSA) is 58.6 Å². The van der Waals surface area contributed by atoms with E-state index in [0.29, 0.717) is 17.9 Å². The Labute approximate surface area is 141 Å². The lowest BCUT2D eigenvalue weighted by molar-refractivity contribution is -0.130. The second kappa shape index (κ2) is 7.64. The average Bonchev–Trinajstić information content (AvgIpc) is 2.74. The fraction of sp³-hybridized carbons (Fsp3) is 0.263. The van der Waals surface area contributed by atoms with Gasteiger partial charge in [-0.1, -0.05) is 30.3 Å². The molecule has 2 amide bonds. The minimum Gasteiger partial charge on any atom is -0.483 e. The monoisotopic (exact) mass is 324 g/mol. The Hall–Kier alpha value is -2.82. The van der Waals surface area contributed by atoms with E-state index >= 15 is 0 Å². The molecule has 3 rings (SSSR count). The number of carbonyl (C=O) groups is 2. The summed E-state index contributed by atoms with van der Waals surface area (Å²) in [5.74, 6) is -0.0829. The highest BCUT2D eigenvalue weighted by molar-refractivity contribution is 6.07. The second-order valence-electron chi connectivity index (χ2n) is 5.64. The van der Waals surface area contributed by atoms with Crippen molar-refractivity contribution in [2.45, 2.75) is 12.8 Å². The Bertz CT molecular complexity index is 716. The molecule has 0 spiro atoms. The van der Waals surface area contributed by atoms with E-state index in [-0.39, 0.29) is 18.4 Å². The molecule has 0 aliphatic carbocycles. The number of fused-ring (bicyclic) bond motifs is 1. The normalized spacial score (nSPS) is 13.9.